The van der Waals surface area contributed by atoms with Crippen molar-refractivity contribution < 1.29 is 18.7 Å². The van der Waals surface area contributed by atoms with Gasteiger partial charge >= 0.3 is 5.97 Å². The van der Waals surface area contributed by atoms with Crippen LogP contribution in [0.25, 0.3) is 22.2 Å². The average Bonchev–Trinajstić information content (AvgIpc) is 2.78. The SMILES string of the molecule is CCOC(=O)C1CCCN(C(=O)c2cc(-c3ccccc3F)nc3ccccc23)C1. The van der Waals surface area contributed by atoms with Gasteiger partial charge in [0.05, 0.1) is 29.3 Å². The summed E-state index contributed by atoms with van der Waals surface area (Å²) in [5, 5.41) is 0.709. The van der Waals surface area contributed by atoms with Gasteiger partial charge in [0.15, 0.2) is 0 Å². The fourth-order valence-corrected chi connectivity index (χ4v) is 3.94. The number of para-hydroxylation sites is 1. The molecule has 0 spiro atoms. The number of piperidine rings is 1. The second-order valence-corrected chi connectivity index (χ2v) is 7.39. The second-order valence-electron chi connectivity index (χ2n) is 7.39. The smallest absolute Gasteiger partial charge is 0.310 e. The summed E-state index contributed by atoms with van der Waals surface area (Å²) >= 11 is 0. The van der Waals surface area contributed by atoms with Crippen LogP contribution in [-0.4, -0.2) is 41.5 Å². The van der Waals surface area contributed by atoms with Gasteiger partial charge in [-0.1, -0.05) is 30.3 Å². The van der Waals surface area contributed by atoms with Crippen molar-refractivity contribution >= 4 is 22.8 Å². The number of amides is 1. The molecule has 0 radical (unpaired) electrons. The third-order valence-electron chi connectivity index (χ3n) is 5.42. The first kappa shape index (κ1) is 20.0. The van der Waals surface area contributed by atoms with Crippen LogP contribution in [-0.2, 0) is 9.53 Å². The number of ether oxygens (including phenoxy) is 1. The summed E-state index contributed by atoms with van der Waals surface area (Å²) in [6, 6.07) is 15.4. The minimum atomic E-state index is -0.390. The van der Waals surface area contributed by atoms with Crippen molar-refractivity contribution in [3.8, 4) is 11.3 Å². The molecule has 0 bridgehead atoms. The highest BCUT2D eigenvalue weighted by Gasteiger charge is 2.30. The largest absolute Gasteiger partial charge is 0.466 e. The molecule has 30 heavy (non-hydrogen) atoms. The number of fused-ring (bicyclic) bond motifs is 1. The van der Waals surface area contributed by atoms with Crippen LogP contribution in [0.2, 0.25) is 0 Å². The van der Waals surface area contributed by atoms with Crippen molar-refractivity contribution in [1.29, 1.82) is 0 Å². The number of carbonyl (C=O) groups excluding carboxylic acids is 2. The Kier molecular flexibility index (Phi) is 5.74. The Morgan fingerprint density at radius 2 is 1.93 bits per heavy atom. The van der Waals surface area contributed by atoms with Crippen LogP contribution in [0.15, 0.2) is 54.6 Å². The van der Waals surface area contributed by atoms with Gasteiger partial charge in [0.25, 0.3) is 5.91 Å². The molecule has 1 aliphatic rings. The molecule has 1 atom stereocenters. The first-order valence-corrected chi connectivity index (χ1v) is 10.2. The predicted octanol–water partition coefficient (Wildman–Crippen LogP) is 4.46. The molecular formula is C24H23FN2O3. The van der Waals surface area contributed by atoms with E-state index in [4.69, 9.17) is 4.74 Å². The number of nitrogens with zero attached hydrogens (tertiary/aromatic N) is 2. The van der Waals surface area contributed by atoms with Crippen LogP contribution in [0.3, 0.4) is 0 Å². The number of likely N-dealkylation sites (tertiary alicyclic amines) is 1. The number of rotatable bonds is 4. The minimum Gasteiger partial charge on any atom is -0.466 e. The number of halogens is 1. The molecule has 5 nitrogen and oxygen atoms in total. The van der Waals surface area contributed by atoms with E-state index < -0.39 is 0 Å². The van der Waals surface area contributed by atoms with E-state index in [-0.39, 0.29) is 23.6 Å². The third kappa shape index (κ3) is 3.90. The van der Waals surface area contributed by atoms with E-state index in [1.165, 1.54) is 6.07 Å². The maximum absolute atomic E-state index is 14.4. The molecule has 3 aromatic rings. The van der Waals surface area contributed by atoms with Gasteiger partial charge in [-0.3, -0.25) is 9.59 Å². The molecule has 0 N–H and O–H groups in total. The van der Waals surface area contributed by atoms with Crippen LogP contribution in [0.5, 0.6) is 0 Å². The number of hydrogen-bond acceptors (Lipinski definition) is 4. The van der Waals surface area contributed by atoms with Crippen LogP contribution >= 0.6 is 0 Å². The van der Waals surface area contributed by atoms with Crippen molar-refractivity contribution in [3.63, 3.8) is 0 Å². The van der Waals surface area contributed by atoms with Crippen molar-refractivity contribution in [2.45, 2.75) is 19.8 Å². The molecular weight excluding hydrogens is 383 g/mol. The summed E-state index contributed by atoms with van der Waals surface area (Å²) in [4.78, 5) is 31.9. The van der Waals surface area contributed by atoms with Crippen molar-refractivity contribution in [2.75, 3.05) is 19.7 Å². The van der Waals surface area contributed by atoms with E-state index in [1.54, 1.807) is 36.1 Å². The lowest BCUT2D eigenvalue weighted by atomic mass is 9.96. The van der Waals surface area contributed by atoms with Gasteiger partial charge < -0.3 is 9.64 Å². The van der Waals surface area contributed by atoms with Crippen molar-refractivity contribution in [3.05, 3.63) is 66.0 Å². The first-order valence-electron chi connectivity index (χ1n) is 10.2. The standard InChI is InChI=1S/C24H23FN2O3/c1-2-30-24(29)16-8-7-13-27(15-16)23(28)19-14-22(18-10-3-5-11-20(18)25)26-21-12-6-4-9-17(19)21/h3-6,9-12,14,16H,2,7-8,13,15H2,1H3. The highest BCUT2D eigenvalue weighted by molar-refractivity contribution is 6.07. The van der Waals surface area contributed by atoms with E-state index in [9.17, 15) is 14.0 Å². The predicted molar refractivity (Wildman–Crippen MR) is 112 cm³/mol. The molecule has 1 unspecified atom stereocenters. The number of esters is 1. The molecule has 1 saturated heterocycles. The quantitative estimate of drug-likeness (QED) is 0.601. The maximum Gasteiger partial charge on any atom is 0.310 e. The van der Waals surface area contributed by atoms with Crippen LogP contribution in [0.1, 0.15) is 30.1 Å². The number of benzene rings is 2. The van der Waals surface area contributed by atoms with E-state index in [1.807, 2.05) is 24.3 Å². The lowest BCUT2D eigenvalue weighted by Gasteiger charge is -2.32. The zero-order chi connectivity index (χ0) is 21.1. The van der Waals surface area contributed by atoms with Gasteiger partial charge in [0, 0.05) is 24.0 Å². The topological polar surface area (TPSA) is 59.5 Å². The van der Waals surface area contributed by atoms with Gasteiger partial charge in [-0.25, -0.2) is 9.37 Å². The lowest BCUT2D eigenvalue weighted by molar-refractivity contribution is -0.149. The van der Waals surface area contributed by atoms with E-state index in [0.717, 1.165) is 6.42 Å². The highest BCUT2D eigenvalue weighted by Crippen LogP contribution is 2.28. The lowest BCUT2D eigenvalue weighted by Crippen LogP contribution is -2.42. The van der Waals surface area contributed by atoms with Gasteiger partial charge in [-0.05, 0) is 44.0 Å². The first-order chi connectivity index (χ1) is 14.6. The highest BCUT2D eigenvalue weighted by atomic mass is 19.1. The van der Waals surface area contributed by atoms with Gasteiger partial charge in [0.1, 0.15) is 5.82 Å². The Morgan fingerprint density at radius 1 is 1.17 bits per heavy atom. The van der Waals surface area contributed by atoms with Crippen LogP contribution in [0, 0.1) is 11.7 Å². The minimum absolute atomic E-state index is 0.180. The molecule has 0 saturated carbocycles. The fraction of sp³-hybridized carbons (Fsp3) is 0.292. The van der Waals surface area contributed by atoms with E-state index in [0.29, 0.717) is 53.8 Å². The Labute approximate surface area is 174 Å². The summed E-state index contributed by atoms with van der Waals surface area (Å²) in [5.74, 6) is -1.15. The number of hydrogen-bond donors (Lipinski definition) is 0. The summed E-state index contributed by atoms with van der Waals surface area (Å²) in [7, 11) is 0. The summed E-state index contributed by atoms with van der Waals surface area (Å²) in [6.07, 6.45) is 1.44. The number of pyridine rings is 1. The monoisotopic (exact) mass is 406 g/mol. The molecule has 154 valence electrons. The Hall–Kier alpha value is -3.28. The maximum atomic E-state index is 14.4. The zero-order valence-electron chi connectivity index (χ0n) is 16.8. The van der Waals surface area contributed by atoms with Gasteiger partial charge in [0.2, 0.25) is 0 Å². The van der Waals surface area contributed by atoms with Crippen LogP contribution < -0.4 is 0 Å². The number of aromatic nitrogens is 1. The van der Waals surface area contributed by atoms with E-state index >= 15 is 0 Å². The van der Waals surface area contributed by atoms with Crippen LogP contribution in [0.4, 0.5) is 4.39 Å². The fourth-order valence-electron chi connectivity index (χ4n) is 3.94. The molecule has 1 aliphatic heterocycles. The van der Waals surface area contributed by atoms with Crippen molar-refractivity contribution in [2.24, 2.45) is 5.92 Å². The van der Waals surface area contributed by atoms with Gasteiger partial charge in [-0.2, -0.15) is 0 Å². The molecule has 2 aromatic carbocycles. The van der Waals surface area contributed by atoms with Crippen molar-refractivity contribution in [1.82, 2.24) is 9.88 Å². The number of carbonyl (C=O) groups is 2. The summed E-state index contributed by atoms with van der Waals surface area (Å²) in [6.45, 7) is 2.99. The Bertz CT molecular complexity index is 1100. The molecule has 2 heterocycles. The molecule has 1 amide bonds. The summed E-state index contributed by atoms with van der Waals surface area (Å²) < 4.78 is 19.5. The zero-order valence-corrected chi connectivity index (χ0v) is 16.8. The van der Waals surface area contributed by atoms with E-state index in [2.05, 4.69) is 4.98 Å². The normalized spacial score (nSPS) is 16.5. The summed E-state index contributed by atoms with van der Waals surface area (Å²) in [5.41, 5.74) is 1.85. The molecule has 0 aliphatic carbocycles. The molecule has 4 rings (SSSR count). The molecule has 1 aromatic heterocycles. The third-order valence-corrected chi connectivity index (χ3v) is 5.42. The van der Waals surface area contributed by atoms with Gasteiger partial charge in [-0.15, -0.1) is 0 Å². The Balaban J connectivity index is 1.73. The molecule has 1 fully saturated rings. The average molecular weight is 406 g/mol. The Morgan fingerprint density at radius 3 is 2.73 bits per heavy atom. The molecule has 6 heteroatoms. The second kappa shape index (κ2) is 8.61.